The van der Waals surface area contributed by atoms with Gasteiger partial charge in [0.15, 0.2) is 0 Å². The van der Waals surface area contributed by atoms with Crippen LogP contribution in [0.3, 0.4) is 0 Å². The van der Waals surface area contributed by atoms with Gasteiger partial charge in [-0.3, -0.25) is 4.79 Å². The van der Waals surface area contributed by atoms with Crippen LogP contribution in [0.2, 0.25) is 0 Å². The van der Waals surface area contributed by atoms with Crippen LogP contribution in [0.4, 0.5) is 4.79 Å². The number of carbonyl (C=O) groups is 2. The van der Waals surface area contributed by atoms with E-state index >= 15 is 0 Å². The number of ether oxygens (including phenoxy) is 1. The van der Waals surface area contributed by atoms with Gasteiger partial charge in [0, 0.05) is 44.1 Å². The van der Waals surface area contributed by atoms with Crippen LogP contribution < -0.4 is 0 Å². The number of piperidine rings is 2. The van der Waals surface area contributed by atoms with Crippen LogP contribution in [-0.4, -0.2) is 72.6 Å². The fraction of sp³-hybridized carbons (Fsp3) is 0.692. The molecule has 1 saturated carbocycles. The van der Waals surface area contributed by atoms with Crippen LogP contribution in [0.5, 0.6) is 0 Å². The molecule has 4 aliphatic rings. The minimum absolute atomic E-state index is 0.114. The maximum absolute atomic E-state index is 12.9. The largest absolute Gasteiger partial charge is 0.450 e. The number of nitrogens with zero attached hydrogens (tertiary/aromatic N) is 3. The highest BCUT2D eigenvalue weighted by molar-refractivity contribution is 5.81. The number of fused-ring (bicyclic) bond motifs is 2. The van der Waals surface area contributed by atoms with Crippen molar-refractivity contribution in [2.45, 2.75) is 57.4 Å². The summed E-state index contributed by atoms with van der Waals surface area (Å²) in [5, 5.41) is 0. The molecule has 3 heterocycles. The second-order valence-electron chi connectivity index (χ2n) is 10.3. The zero-order valence-corrected chi connectivity index (χ0v) is 19.4. The Morgan fingerprint density at radius 3 is 2.41 bits per heavy atom. The molecule has 0 unspecified atom stereocenters. The third-order valence-corrected chi connectivity index (χ3v) is 8.15. The van der Waals surface area contributed by atoms with Gasteiger partial charge in [-0.25, -0.2) is 4.79 Å². The van der Waals surface area contributed by atoms with Crippen LogP contribution >= 0.6 is 0 Å². The smallest absolute Gasteiger partial charge is 0.409 e. The zero-order valence-electron chi connectivity index (χ0n) is 19.4. The van der Waals surface area contributed by atoms with Gasteiger partial charge in [-0.1, -0.05) is 24.3 Å². The third-order valence-electron chi connectivity index (χ3n) is 8.15. The Morgan fingerprint density at radius 1 is 1.00 bits per heavy atom. The first-order chi connectivity index (χ1) is 15.6. The molecular weight excluding hydrogens is 402 g/mol. The van der Waals surface area contributed by atoms with Gasteiger partial charge in [0.2, 0.25) is 5.91 Å². The maximum atomic E-state index is 12.9. The summed E-state index contributed by atoms with van der Waals surface area (Å²) in [7, 11) is 0. The summed E-state index contributed by atoms with van der Waals surface area (Å²) in [6.07, 6.45) is 6.37. The van der Waals surface area contributed by atoms with Gasteiger partial charge in [0.25, 0.3) is 0 Å². The second kappa shape index (κ2) is 9.05. The number of hydrogen-bond acceptors (Lipinski definition) is 4. The van der Waals surface area contributed by atoms with Crippen molar-refractivity contribution in [1.82, 2.24) is 14.7 Å². The Morgan fingerprint density at radius 2 is 1.72 bits per heavy atom. The summed E-state index contributed by atoms with van der Waals surface area (Å²) < 4.78 is 5.15. The molecule has 174 valence electrons. The highest BCUT2D eigenvalue weighted by atomic mass is 16.6. The summed E-state index contributed by atoms with van der Waals surface area (Å²) in [6.45, 7) is 8.93. The molecule has 0 bridgehead atoms. The van der Waals surface area contributed by atoms with Gasteiger partial charge < -0.3 is 19.4 Å². The van der Waals surface area contributed by atoms with Crippen molar-refractivity contribution in [2.75, 3.05) is 45.9 Å². The quantitative estimate of drug-likeness (QED) is 0.719. The Labute approximate surface area is 191 Å². The molecule has 1 spiro atoms. The summed E-state index contributed by atoms with van der Waals surface area (Å²) in [5.74, 6) is 1.33. The van der Waals surface area contributed by atoms with Crippen LogP contribution in [-0.2, 0) is 21.5 Å². The number of amides is 2. The van der Waals surface area contributed by atoms with Crippen molar-refractivity contribution >= 4 is 12.0 Å². The van der Waals surface area contributed by atoms with E-state index in [4.69, 9.17) is 4.74 Å². The monoisotopic (exact) mass is 439 g/mol. The Balaban J connectivity index is 1.19. The first-order valence-corrected chi connectivity index (χ1v) is 12.6. The van der Waals surface area contributed by atoms with Crippen molar-refractivity contribution in [2.24, 2.45) is 11.8 Å². The number of rotatable bonds is 4. The Kier molecular flexibility index (Phi) is 6.15. The molecule has 2 saturated heterocycles. The predicted octanol–water partition coefficient (Wildman–Crippen LogP) is 3.64. The van der Waals surface area contributed by atoms with E-state index < -0.39 is 0 Å². The molecule has 6 heteroatoms. The number of likely N-dealkylation sites (tertiary alicyclic amines) is 2. The van der Waals surface area contributed by atoms with E-state index in [0.29, 0.717) is 18.4 Å². The normalized spacial score (nSPS) is 23.8. The fourth-order valence-electron chi connectivity index (χ4n) is 6.10. The van der Waals surface area contributed by atoms with Gasteiger partial charge >= 0.3 is 6.09 Å². The van der Waals surface area contributed by atoms with Crippen molar-refractivity contribution in [3.63, 3.8) is 0 Å². The molecule has 32 heavy (non-hydrogen) atoms. The molecule has 1 aromatic rings. The molecule has 1 aromatic carbocycles. The van der Waals surface area contributed by atoms with Crippen molar-refractivity contribution < 1.29 is 14.3 Å². The number of hydrogen-bond donors (Lipinski definition) is 0. The molecule has 0 atom stereocenters. The maximum Gasteiger partial charge on any atom is 0.409 e. The average molecular weight is 440 g/mol. The SMILES string of the molecule is CCOC(=O)N1CCC(CN2CCC3(CC2)CN(C(=O)C2CC2)Cc2ccccc23)CC1. The lowest BCUT2D eigenvalue weighted by molar-refractivity contribution is -0.135. The molecule has 6 nitrogen and oxygen atoms in total. The lowest BCUT2D eigenvalue weighted by atomic mass is 9.68. The topological polar surface area (TPSA) is 53.1 Å². The van der Waals surface area contributed by atoms with Crippen LogP contribution in [0.15, 0.2) is 24.3 Å². The molecule has 2 amide bonds. The van der Waals surface area contributed by atoms with Crippen LogP contribution in [0, 0.1) is 11.8 Å². The van der Waals surface area contributed by atoms with E-state index in [1.807, 2.05) is 11.8 Å². The molecule has 5 rings (SSSR count). The Hall–Kier alpha value is -2.08. The minimum atomic E-state index is -0.160. The van der Waals surface area contributed by atoms with E-state index in [2.05, 4.69) is 34.1 Å². The summed E-state index contributed by atoms with van der Waals surface area (Å²) in [4.78, 5) is 31.5. The van der Waals surface area contributed by atoms with Crippen molar-refractivity contribution in [3.8, 4) is 0 Å². The number of carbonyl (C=O) groups excluding carboxylic acids is 2. The summed E-state index contributed by atoms with van der Waals surface area (Å²) >= 11 is 0. The fourth-order valence-corrected chi connectivity index (χ4v) is 6.10. The molecule has 0 radical (unpaired) electrons. The minimum Gasteiger partial charge on any atom is -0.450 e. The summed E-state index contributed by atoms with van der Waals surface area (Å²) in [5.41, 5.74) is 2.96. The first-order valence-electron chi connectivity index (χ1n) is 12.6. The van der Waals surface area contributed by atoms with E-state index in [1.54, 1.807) is 0 Å². The molecule has 3 aliphatic heterocycles. The molecule has 3 fully saturated rings. The van der Waals surface area contributed by atoms with E-state index in [1.165, 1.54) is 11.1 Å². The van der Waals surface area contributed by atoms with E-state index in [-0.39, 0.29) is 17.4 Å². The van der Waals surface area contributed by atoms with Gasteiger partial charge in [-0.2, -0.15) is 0 Å². The van der Waals surface area contributed by atoms with Gasteiger partial charge in [-0.15, -0.1) is 0 Å². The standard InChI is InChI=1S/C26H37N3O3/c1-2-32-25(31)28-13-9-20(10-14-28)17-27-15-11-26(12-16-27)19-29(24(30)21-7-8-21)18-22-5-3-4-6-23(22)26/h3-6,20-21H,2,7-19H2,1H3. The van der Waals surface area contributed by atoms with Crippen LogP contribution in [0.25, 0.3) is 0 Å². The predicted molar refractivity (Wildman–Crippen MR) is 123 cm³/mol. The highest BCUT2D eigenvalue weighted by Crippen LogP contribution is 2.43. The van der Waals surface area contributed by atoms with Crippen LogP contribution in [0.1, 0.15) is 56.6 Å². The molecule has 1 aliphatic carbocycles. The summed E-state index contributed by atoms with van der Waals surface area (Å²) in [6, 6.07) is 8.83. The highest BCUT2D eigenvalue weighted by Gasteiger charge is 2.45. The lowest BCUT2D eigenvalue weighted by Crippen LogP contribution is -2.54. The Bertz CT molecular complexity index is 836. The van der Waals surface area contributed by atoms with Gasteiger partial charge in [-0.05, 0) is 75.6 Å². The third kappa shape index (κ3) is 4.39. The van der Waals surface area contributed by atoms with E-state index in [0.717, 1.165) is 84.3 Å². The van der Waals surface area contributed by atoms with Crippen molar-refractivity contribution in [3.05, 3.63) is 35.4 Å². The molecule has 0 aromatic heterocycles. The van der Waals surface area contributed by atoms with Crippen molar-refractivity contribution in [1.29, 1.82) is 0 Å². The second-order valence-corrected chi connectivity index (χ2v) is 10.3. The molecule has 0 N–H and O–H groups in total. The first kappa shape index (κ1) is 21.7. The van der Waals surface area contributed by atoms with Gasteiger partial charge in [0.1, 0.15) is 0 Å². The lowest BCUT2D eigenvalue weighted by Gasteiger charge is -2.49. The van der Waals surface area contributed by atoms with Gasteiger partial charge in [0.05, 0.1) is 6.61 Å². The number of benzene rings is 1. The molecular formula is C26H37N3O3. The van der Waals surface area contributed by atoms with E-state index in [9.17, 15) is 9.59 Å². The zero-order chi connectivity index (χ0) is 22.1. The average Bonchev–Trinajstić information content (AvgIpc) is 3.66.